The van der Waals surface area contributed by atoms with E-state index in [0.717, 1.165) is 5.56 Å². The van der Waals surface area contributed by atoms with Crippen molar-refractivity contribution in [3.05, 3.63) is 60.9 Å². The molecule has 5 rings (SSSR count). The molecule has 10 heteroatoms. The number of amides is 1. The maximum Gasteiger partial charge on any atom is 0.247 e. The van der Waals surface area contributed by atoms with E-state index in [9.17, 15) is 9.18 Å². The van der Waals surface area contributed by atoms with Gasteiger partial charge < -0.3 is 5.32 Å². The number of aromatic nitrogens is 6. The third-order valence-corrected chi connectivity index (χ3v) is 4.93. The Labute approximate surface area is 170 Å². The minimum absolute atomic E-state index is 0.140. The summed E-state index contributed by atoms with van der Waals surface area (Å²) in [4.78, 5) is 27.9. The molecule has 150 valence electrons. The molecule has 0 saturated heterocycles. The standard InChI is InChI=1S/C20H17FN8O/c1-2-15-19(30)25-14-11-23-20(26-18(14)29(15)16-7-8-24-27-16)28-10-9-22-17(28)12-3-5-13(21)6-4-12/h3-11,15H,2H2,1H3,(H,24,27)(H,25,30). The van der Waals surface area contributed by atoms with Crippen LogP contribution in [0, 0.1) is 5.82 Å². The highest BCUT2D eigenvalue weighted by molar-refractivity contribution is 6.04. The van der Waals surface area contributed by atoms with Gasteiger partial charge in [-0.3, -0.25) is 19.4 Å². The number of fused-ring (bicyclic) bond motifs is 1. The molecule has 1 atom stereocenters. The zero-order chi connectivity index (χ0) is 20.7. The topological polar surface area (TPSA) is 105 Å². The molecule has 4 heterocycles. The first kappa shape index (κ1) is 18.0. The molecule has 0 saturated carbocycles. The fourth-order valence-corrected chi connectivity index (χ4v) is 3.53. The first-order chi connectivity index (χ1) is 14.7. The first-order valence-electron chi connectivity index (χ1n) is 9.42. The SMILES string of the molecule is CCC1C(=O)Nc2cnc(-n3ccnc3-c3ccc(F)cc3)nc2N1c1cc[nH]n1. The van der Waals surface area contributed by atoms with Gasteiger partial charge in [0.05, 0.1) is 6.20 Å². The van der Waals surface area contributed by atoms with E-state index in [1.54, 1.807) is 52.5 Å². The highest BCUT2D eigenvalue weighted by atomic mass is 19.1. The summed E-state index contributed by atoms with van der Waals surface area (Å²) in [5.74, 6) is 1.62. The average molecular weight is 404 g/mol. The molecule has 0 fully saturated rings. The number of halogens is 1. The molecule has 0 spiro atoms. The molecule has 1 aliphatic heterocycles. The van der Waals surface area contributed by atoms with Crippen LogP contribution in [0.5, 0.6) is 0 Å². The lowest BCUT2D eigenvalue weighted by Crippen LogP contribution is -2.46. The van der Waals surface area contributed by atoms with Crippen LogP contribution in [0.15, 0.2) is 55.1 Å². The van der Waals surface area contributed by atoms with E-state index in [0.29, 0.717) is 35.5 Å². The fourth-order valence-electron chi connectivity index (χ4n) is 3.53. The van der Waals surface area contributed by atoms with Crippen molar-refractivity contribution in [1.82, 2.24) is 29.7 Å². The van der Waals surface area contributed by atoms with E-state index in [1.165, 1.54) is 12.1 Å². The molecule has 1 amide bonds. The van der Waals surface area contributed by atoms with Crippen molar-refractivity contribution >= 4 is 23.2 Å². The number of nitrogens with zero attached hydrogens (tertiary/aromatic N) is 6. The Hall–Kier alpha value is -4.08. The zero-order valence-corrected chi connectivity index (χ0v) is 16.0. The van der Waals surface area contributed by atoms with Gasteiger partial charge in [0, 0.05) is 30.2 Å². The molecule has 1 aliphatic rings. The van der Waals surface area contributed by atoms with Crippen molar-refractivity contribution in [3.8, 4) is 17.3 Å². The molecular formula is C20H17FN8O. The van der Waals surface area contributed by atoms with Gasteiger partial charge in [0.1, 0.15) is 23.4 Å². The Morgan fingerprint density at radius 1 is 1.17 bits per heavy atom. The largest absolute Gasteiger partial charge is 0.320 e. The summed E-state index contributed by atoms with van der Waals surface area (Å²) in [6, 6.07) is 7.38. The van der Waals surface area contributed by atoms with E-state index in [-0.39, 0.29) is 11.7 Å². The second kappa shape index (κ2) is 7.07. The van der Waals surface area contributed by atoms with Crippen LogP contribution in [0.4, 0.5) is 21.7 Å². The number of nitrogens with one attached hydrogen (secondary N) is 2. The van der Waals surface area contributed by atoms with Crippen molar-refractivity contribution < 1.29 is 9.18 Å². The second-order valence-electron chi connectivity index (χ2n) is 6.75. The monoisotopic (exact) mass is 404 g/mol. The van der Waals surface area contributed by atoms with E-state index in [4.69, 9.17) is 4.98 Å². The summed E-state index contributed by atoms with van der Waals surface area (Å²) < 4.78 is 15.0. The minimum atomic E-state index is -0.456. The van der Waals surface area contributed by atoms with Crippen molar-refractivity contribution in [2.75, 3.05) is 10.2 Å². The normalized spacial score (nSPS) is 15.7. The van der Waals surface area contributed by atoms with E-state index >= 15 is 0 Å². The number of anilines is 3. The van der Waals surface area contributed by atoms with Gasteiger partial charge in [0.15, 0.2) is 11.6 Å². The Balaban J connectivity index is 1.63. The summed E-state index contributed by atoms with van der Waals surface area (Å²) in [6.45, 7) is 1.93. The van der Waals surface area contributed by atoms with Crippen molar-refractivity contribution in [1.29, 1.82) is 0 Å². The molecule has 1 aromatic carbocycles. The third kappa shape index (κ3) is 2.89. The number of rotatable bonds is 4. The van der Waals surface area contributed by atoms with Crippen molar-refractivity contribution in [2.45, 2.75) is 19.4 Å². The zero-order valence-electron chi connectivity index (χ0n) is 16.0. The number of carbonyl (C=O) groups is 1. The number of imidazole rings is 1. The molecule has 9 nitrogen and oxygen atoms in total. The lowest BCUT2D eigenvalue weighted by molar-refractivity contribution is -0.117. The van der Waals surface area contributed by atoms with Crippen LogP contribution >= 0.6 is 0 Å². The maximum atomic E-state index is 13.3. The highest BCUT2D eigenvalue weighted by Gasteiger charge is 2.35. The third-order valence-electron chi connectivity index (χ3n) is 4.93. The van der Waals surface area contributed by atoms with Gasteiger partial charge in [-0.2, -0.15) is 10.1 Å². The van der Waals surface area contributed by atoms with E-state index in [1.807, 2.05) is 6.92 Å². The maximum absolute atomic E-state index is 13.3. The van der Waals surface area contributed by atoms with Crippen LogP contribution in [0.3, 0.4) is 0 Å². The predicted octanol–water partition coefficient (Wildman–Crippen LogP) is 3.06. The van der Waals surface area contributed by atoms with Crippen molar-refractivity contribution in [3.63, 3.8) is 0 Å². The van der Waals surface area contributed by atoms with Gasteiger partial charge >= 0.3 is 0 Å². The quantitative estimate of drug-likeness (QED) is 0.542. The average Bonchev–Trinajstić information content (AvgIpc) is 3.45. The van der Waals surface area contributed by atoms with Gasteiger partial charge in [-0.05, 0) is 30.7 Å². The minimum Gasteiger partial charge on any atom is -0.320 e. The van der Waals surface area contributed by atoms with Gasteiger partial charge in [0.25, 0.3) is 0 Å². The number of hydrogen-bond acceptors (Lipinski definition) is 6. The molecule has 4 aromatic rings. The Morgan fingerprint density at radius 3 is 2.73 bits per heavy atom. The number of hydrogen-bond donors (Lipinski definition) is 2. The summed E-state index contributed by atoms with van der Waals surface area (Å²) in [5, 5.41) is 9.89. The lowest BCUT2D eigenvalue weighted by Gasteiger charge is -2.34. The molecule has 3 aromatic heterocycles. The van der Waals surface area contributed by atoms with Crippen LogP contribution in [0.2, 0.25) is 0 Å². The fraction of sp³-hybridized carbons (Fsp3) is 0.150. The number of H-pyrrole nitrogens is 1. The smallest absolute Gasteiger partial charge is 0.247 e. The molecule has 30 heavy (non-hydrogen) atoms. The van der Waals surface area contributed by atoms with Gasteiger partial charge in [-0.1, -0.05) is 6.92 Å². The van der Waals surface area contributed by atoms with E-state index in [2.05, 4.69) is 25.5 Å². The molecule has 2 N–H and O–H groups in total. The van der Waals surface area contributed by atoms with E-state index < -0.39 is 6.04 Å². The van der Waals surface area contributed by atoms with Crippen LogP contribution in [-0.2, 0) is 4.79 Å². The van der Waals surface area contributed by atoms with Gasteiger partial charge in [-0.25, -0.2) is 14.4 Å². The second-order valence-corrected chi connectivity index (χ2v) is 6.75. The molecule has 0 radical (unpaired) electrons. The summed E-state index contributed by atoms with van der Waals surface area (Å²) >= 11 is 0. The molecule has 0 bridgehead atoms. The Bertz CT molecular complexity index is 1200. The first-order valence-corrected chi connectivity index (χ1v) is 9.42. The molecular weight excluding hydrogens is 387 g/mol. The van der Waals surface area contributed by atoms with Crippen molar-refractivity contribution in [2.24, 2.45) is 0 Å². The van der Waals surface area contributed by atoms with Crippen LogP contribution < -0.4 is 10.2 Å². The number of carbonyl (C=O) groups excluding carboxylic acids is 1. The summed E-state index contributed by atoms with van der Waals surface area (Å²) in [6.07, 6.45) is 7.19. The van der Waals surface area contributed by atoms with Gasteiger partial charge in [0.2, 0.25) is 11.9 Å². The highest BCUT2D eigenvalue weighted by Crippen LogP contribution is 2.36. The van der Waals surface area contributed by atoms with Gasteiger partial charge in [-0.15, -0.1) is 0 Å². The van der Waals surface area contributed by atoms with Crippen LogP contribution in [0.25, 0.3) is 17.3 Å². The predicted molar refractivity (Wildman–Crippen MR) is 108 cm³/mol. The summed E-state index contributed by atoms with van der Waals surface area (Å²) in [5.41, 5.74) is 1.23. The lowest BCUT2D eigenvalue weighted by atomic mass is 10.1. The number of benzene rings is 1. The van der Waals surface area contributed by atoms with Crippen LogP contribution in [-0.4, -0.2) is 41.7 Å². The Kier molecular flexibility index (Phi) is 4.24. The van der Waals surface area contributed by atoms with Crippen LogP contribution in [0.1, 0.15) is 13.3 Å². The summed E-state index contributed by atoms with van der Waals surface area (Å²) in [7, 11) is 0. The Morgan fingerprint density at radius 2 is 2.00 bits per heavy atom. The molecule has 0 aliphatic carbocycles. The number of aromatic amines is 1. The molecule has 1 unspecified atom stereocenters.